The van der Waals surface area contributed by atoms with Crippen molar-refractivity contribution < 1.29 is 4.74 Å². The van der Waals surface area contributed by atoms with Crippen LogP contribution in [0.1, 0.15) is 18.9 Å². The van der Waals surface area contributed by atoms with E-state index in [1.165, 1.54) is 0 Å². The molecule has 0 bridgehead atoms. The Balaban J connectivity index is 1.83. The van der Waals surface area contributed by atoms with Gasteiger partial charge in [0.25, 0.3) is 0 Å². The van der Waals surface area contributed by atoms with Crippen LogP contribution in [0.15, 0.2) is 54.6 Å². The van der Waals surface area contributed by atoms with E-state index in [1.54, 1.807) is 0 Å². The highest BCUT2D eigenvalue weighted by Gasteiger charge is 1.99. The molecule has 0 aliphatic rings. The van der Waals surface area contributed by atoms with E-state index >= 15 is 0 Å². The molecule has 0 saturated carbocycles. The lowest BCUT2D eigenvalue weighted by atomic mass is 10.2. The van der Waals surface area contributed by atoms with Gasteiger partial charge >= 0.3 is 0 Å². The number of thiocarbonyl (C=S) groups is 1. The summed E-state index contributed by atoms with van der Waals surface area (Å²) >= 11 is 5.20. The van der Waals surface area contributed by atoms with Gasteiger partial charge in [-0.3, -0.25) is 0 Å². The van der Waals surface area contributed by atoms with Crippen LogP contribution >= 0.6 is 12.2 Å². The molecule has 0 fully saturated rings. The number of hydrogen-bond acceptors (Lipinski definition) is 2. The second-order valence-corrected chi connectivity index (χ2v) is 5.09. The van der Waals surface area contributed by atoms with Crippen LogP contribution < -0.4 is 15.4 Å². The first kappa shape index (κ1) is 15.3. The van der Waals surface area contributed by atoms with Crippen LogP contribution in [-0.2, 0) is 6.61 Å². The summed E-state index contributed by atoms with van der Waals surface area (Å²) in [6.07, 6.45) is 1.05. The molecule has 0 heterocycles. The van der Waals surface area contributed by atoms with Crippen molar-refractivity contribution in [2.45, 2.75) is 20.0 Å². The highest BCUT2D eigenvalue weighted by atomic mass is 32.1. The van der Waals surface area contributed by atoms with Gasteiger partial charge in [0.2, 0.25) is 0 Å². The molecule has 0 radical (unpaired) electrons. The minimum absolute atomic E-state index is 0.573. The average molecular weight is 300 g/mol. The van der Waals surface area contributed by atoms with E-state index in [2.05, 4.69) is 17.6 Å². The number of ether oxygens (including phenoxy) is 1. The first-order valence-electron chi connectivity index (χ1n) is 7.09. The summed E-state index contributed by atoms with van der Waals surface area (Å²) in [4.78, 5) is 0. The van der Waals surface area contributed by atoms with Crippen LogP contribution in [0.3, 0.4) is 0 Å². The standard InChI is InChI=1S/C17H20N2OS/c1-2-12-18-17(21)19-15-8-10-16(11-9-15)20-13-14-6-4-3-5-7-14/h3-11H,2,12-13H2,1H3,(H2,18,19,21). The molecule has 3 nitrogen and oxygen atoms in total. The maximum atomic E-state index is 5.74. The van der Waals surface area contributed by atoms with E-state index in [-0.39, 0.29) is 0 Å². The molecule has 0 spiro atoms. The van der Waals surface area contributed by atoms with E-state index in [9.17, 15) is 0 Å². The molecule has 0 unspecified atom stereocenters. The van der Waals surface area contributed by atoms with Crippen molar-refractivity contribution in [2.24, 2.45) is 0 Å². The molecule has 2 rings (SSSR count). The predicted molar refractivity (Wildman–Crippen MR) is 91.7 cm³/mol. The summed E-state index contributed by atoms with van der Waals surface area (Å²) in [5.41, 5.74) is 2.11. The van der Waals surface area contributed by atoms with Crippen molar-refractivity contribution in [3.05, 3.63) is 60.2 Å². The average Bonchev–Trinajstić information content (AvgIpc) is 2.53. The number of anilines is 1. The van der Waals surface area contributed by atoms with Crippen molar-refractivity contribution in [1.82, 2.24) is 5.32 Å². The monoisotopic (exact) mass is 300 g/mol. The highest BCUT2D eigenvalue weighted by molar-refractivity contribution is 7.80. The highest BCUT2D eigenvalue weighted by Crippen LogP contribution is 2.17. The lowest BCUT2D eigenvalue weighted by Crippen LogP contribution is -2.28. The Kier molecular flexibility index (Phi) is 6.03. The zero-order valence-electron chi connectivity index (χ0n) is 12.1. The minimum Gasteiger partial charge on any atom is -0.489 e. The number of benzene rings is 2. The molecule has 2 aromatic carbocycles. The Hall–Kier alpha value is -2.07. The van der Waals surface area contributed by atoms with Crippen molar-refractivity contribution >= 4 is 23.0 Å². The molecule has 2 N–H and O–H groups in total. The maximum Gasteiger partial charge on any atom is 0.170 e. The Bertz CT molecular complexity index is 555. The number of rotatable bonds is 6. The van der Waals surface area contributed by atoms with Gasteiger partial charge in [0, 0.05) is 12.2 Å². The van der Waals surface area contributed by atoms with E-state index in [0.29, 0.717) is 11.7 Å². The zero-order chi connectivity index (χ0) is 14.9. The number of hydrogen-bond donors (Lipinski definition) is 2. The smallest absolute Gasteiger partial charge is 0.170 e. The Morgan fingerprint density at radius 1 is 1.05 bits per heavy atom. The maximum absolute atomic E-state index is 5.74. The Morgan fingerprint density at radius 2 is 1.76 bits per heavy atom. The molecule has 0 atom stereocenters. The van der Waals surface area contributed by atoms with Gasteiger partial charge in [-0.25, -0.2) is 0 Å². The molecule has 2 aromatic rings. The number of nitrogens with one attached hydrogen (secondary N) is 2. The molecule has 0 aliphatic carbocycles. The summed E-state index contributed by atoms with van der Waals surface area (Å²) < 4.78 is 5.74. The van der Waals surface area contributed by atoms with Crippen molar-refractivity contribution in [3.63, 3.8) is 0 Å². The van der Waals surface area contributed by atoms with Crippen LogP contribution in [0.2, 0.25) is 0 Å². The molecule has 4 heteroatoms. The van der Waals surface area contributed by atoms with Gasteiger partial charge in [-0.05, 0) is 48.5 Å². The summed E-state index contributed by atoms with van der Waals surface area (Å²) in [5.74, 6) is 0.844. The van der Waals surface area contributed by atoms with Gasteiger partial charge in [0.15, 0.2) is 5.11 Å². The van der Waals surface area contributed by atoms with Crippen LogP contribution in [0.4, 0.5) is 5.69 Å². The second kappa shape index (κ2) is 8.27. The third kappa shape index (κ3) is 5.44. The molecular formula is C17H20N2OS. The van der Waals surface area contributed by atoms with Crippen LogP contribution in [0.25, 0.3) is 0 Å². The third-order valence-electron chi connectivity index (χ3n) is 2.90. The van der Waals surface area contributed by atoms with E-state index in [4.69, 9.17) is 17.0 Å². The molecule has 0 amide bonds. The lowest BCUT2D eigenvalue weighted by molar-refractivity contribution is 0.306. The van der Waals surface area contributed by atoms with Crippen molar-refractivity contribution in [3.8, 4) is 5.75 Å². The summed E-state index contributed by atoms with van der Waals surface area (Å²) in [6.45, 7) is 3.56. The zero-order valence-corrected chi connectivity index (χ0v) is 13.0. The SMILES string of the molecule is CCCNC(=S)Nc1ccc(OCc2ccccc2)cc1. The first-order valence-corrected chi connectivity index (χ1v) is 7.50. The second-order valence-electron chi connectivity index (χ2n) is 4.68. The van der Waals surface area contributed by atoms with Gasteiger partial charge < -0.3 is 15.4 Å². The van der Waals surface area contributed by atoms with Crippen molar-refractivity contribution in [2.75, 3.05) is 11.9 Å². The van der Waals surface area contributed by atoms with Crippen LogP contribution in [-0.4, -0.2) is 11.7 Å². The molecule has 0 saturated heterocycles. The minimum atomic E-state index is 0.573. The summed E-state index contributed by atoms with van der Waals surface area (Å²) in [6, 6.07) is 17.9. The fourth-order valence-corrected chi connectivity index (χ4v) is 2.01. The van der Waals surface area contributed by atoms with Gasteiger partial charge in [-0.15, -0.1) is 0 Å². The molecule has 0 aromatic heterocycles. The normalized spacial score (nSPS) is 9.95. The van der Waals surface area contributed by atoms with Gasteiger partial charge in [-0.2, -0.15) is 0 Å². The molecule has 21 heavy (non-hydrogen) atoms. The predicted octanol–water partition coefficient (Wildman–Crippen LogP) is 3.96. The van der Waals surface area contributed by atoms with E-state index < -0.39 is 0 Å². The van der Waals surface area contributed by atoms with Gasteiger partial charge in [0.05, 0.1) is 0 Å². The largest absolute Gasteiger partial charge is 0.489 e. The van der Waals surface area contributed by atoms with Crippen LogP contribution in [0, 0.1) is 0 Å². The molecular weight excluding hydrogens is 280 g/mol. The van der Waals surface area contributed by atoms with E-state index in [1.807, 2.05) is 54.6 Å². The fraction of sp³-hybridized carbons (Fsp3) is 0.235. The summed E-state index contributed by atoms with van der Waals surface area (Å²) in [7, 11) is 0. The molecule has 0 aliphatic heterocycles. The third-order valence-corrected chi connectivity index (χ3v) is 3.14. The van der Waals surface area contributed by atoms with Crippen LogP contribution in [0.5, 0.6) is 5.75 Å². The fourth-order valence-electron chi connectivity index (χ4n) is 1.79. The summed E-state index contributed by atoms with van der Waals surface area (Å²) in [5, 5.41) is 6.92. The van der Waals surface area contributed by atoms with Crippen molar-refractivity contribution in [1.29, 1.82) is 0 Å². The quantitative estimate of drug-likeness (QED) is 0.791. The van der Waals surface area contributed by atoms with Gasteiger partial charge in [-0.1, -0.05) is 37.3 Å². The van der Waals surface area contributed by atoms with E-state index in [0.717, 1.165) is 30.0 Å². The first-order chi connectivity index (χ1) is 10.3. The molecule has 110 valence electrons. The topological polar surface area (TPSA) is 33.3 Å². The Labute approximate surface area is 131 Å². The lowest BCUT2D eigenvalue weighted by Gasteiger charge is -2.11. The van der Waals surface area contributed by atoms with Gasteiger partial charge in [0.1, 0.15) is 12.4 Å². The Morgan fingerprint density at radius 3 is 2.43 bits per heavy atom.